The summed E-state index contributed by atoms with van der Waals surface area (Å²) in [5.41, 5.74) is 8.97. The van der Waals surface area contributed by atoms with Crippen molar-refractivity contribution in [3.05, 3.63) is 95.6 Å². The van der Waals surface area contributed by atoms with Crippen molar-refractivity contribution in [1.82, 2.24) is 0 Å². The van der Waals surface area contributed by atoms with Crippen molar-refractivity contribution in [3.63, 3.8) is 0 Å². The maximum Gasteiger partial charge on any atom is 0.0145 e. The molecule has 0 fully saturated rings. The minimum absolute atomic E-state index is 0. The van der Waals surface area contributed by atoms with E-state index < -0.39 is 0 Å². The zero-order valence-corrected chi connectivity index (χ0v) is 19.8. The number of allylic oxidation sites excluding steroid dienone is 5. The summed E-state index contributed by atoms with van der Waals surface area (Å²) in [6.45, 7) is 6.38. The molecule has 2 aliphatic carbocycles. The number of benzene rings is 2. The van der Waals surface area contributed by atoms with E-state index in [0.29, 0.717) is 0 Å². The Labute approximate surface area is 194 Å². The monoisotopic (exact) mass is 474 g/mol. The second kappa shape index (κ2) is 10.1. The van der Waals surface area contributed by atoms with Crippen LogP contribution >= 0.6 is 24.8 Å². The van der Waals surface area contributed by atoms with Gasteiger partial charge in [0.25, 0.3) is 0 Å². The van der Waals surface area contributed by atoms with Crippen LogP contribution in [0.3, 0.4) is 0 Å². The SMILES string of the molecule is C=CCCC(C)(C1=CC=CC1)c1cccc2c1Cc1ccccc1-2.Cl.Cl.[Zr]. The van der Waals surface area contributed by atoms with Gasteiger partial charge in [0.1, 0.15) is 0 Å². The van der Waals surface area contributed by atoms with Gasteiger partial charge in [0.2, 0.25) is 0 Å². The van der Waals surface area contributed by atoms with E-state index in [4.69, 9.17) is 0 Å². The van der Waals surface area contributed by atoms with Crippen LogP contribution in [0.15, 0.2) is 78.9 Å². The first kappa shape index (κ1) is 24.2. The molecule has 2 aromatic carbocycles. The predicted octanol–water partition coefficient (Wildman–Crippen LogP) is 7.21. The predicted molar refractivity (Wildman–Crippen MR) is 118 cm³/mol. The Hall–Kier alpha value is -0.877. The van der Waals surface area contributed by atoms with Crippen LogP contribution in [0.2, 0.25) is 0 Å². The molecule has 0 radical (unpaired) electrons. The maximum atomic E-state index is 3.95. The fraction of sp³-hybridized carbons (Fsp3) is 0.250. The van der Waals surface area contributed by atoms with Gasteiger partial charge in [0.05, 0.1) is 0 Å². The minimum atomic E-state index is 0. The van der Waals surface area contributed by atoms with Crippen molar-refractivity contribution in [2.24, 2.45) is 0 Å². The van der Waals surface area contributed by atoms with Crippen molar-refractivity contribution < 1.29 is 26.2 Å². The fourth-order valence-corrected chi connectivity index (χ4v) is 4.39. The summed E-state index contributed by atoms with van der Waals surface area (Å²) >= 11 is 0. The molecule has 0 saturated carbocycles. The quantitative estimate of drug-likeness (QED) is 0.341. The van der Waals surface area contributed by atoms with Crippen LogP contribution in [0, 0.1) is 0 Å². The molecule has 27 heavy (non-hydrogen) atoms. The Morgan fingerprint density at radius 3 is 2.48 bits per heavy atom. The van der Waals surface area contributed by atoms with Gasteiger partial charge in [0, 0.05) is 31.6 Å². The molecule has 0 aliphatic heterocycles. The number of hydrogen-bond acceptors (Lipinski definition) is 0. The number of hydrogen-bond donors (Lipinski definition) is 0. The molecule has 0 saturated heterocycles. The average molecular weight is 477 g/mol. The van der Waals surface area contributed by atoms with Crippen molar-refractivity contribution in [2.75, 3.05) is 0 Å². The molecule has 3 heteroatoms. The molecular weight excluding hydrogens is 450 g/mol. The van der Waals surface area contributed by atoms with E-state index in [9.17, 15) is 0 Å². The molecule has 0 spiro atoms. The van der Waals surface area contributed by atoms with Gasteiger partial charge in [-0.1, -0.05) is 79.3 Å². The van der Waals surface area contributed by atoms with Crippen LogP contribution in [-0.4, -0.2) is 0 Å². The molecule has 1 unspecified atom stereocenters. The average Bonchev–Trinajstić information content (AvgIpc) is 3.27. The summed E-state index contributed by atoms with van der Waals surface area (Å²) in [4.78, 5) is 0. The summed E-state index contributed by atoms with van der Waals surface area (Å²) < 4.78 is 0. The largest absolute Gasteiger partial charge is 0.147 e. The van der Waals surface area contributed by atoms with Crippen LogP contribution in [-0.2, 0) is 38.0 Å². The van der Waals surface area contributed by atoms with Crippen molar-refractivity contribution in [2.45, 2.75) is 38.0 Å². The second-order valence-electron chi connectivity index (χ2n) is 7.15. The van der Waals surface area contributed by atoms with E-state index in [1.807, 2.05) is 0 Å². The molecule has 0 N–H and O–H groups in total. The fourth-order valence-electron chi connectivity index (χ4n) is 4.39. The van der Waals surface area contributed by atoms with Crippen molar-refractivity contribution in [1.29, 1.82) is 0 Å². The van der Waals surface area contributed by atoms with Gasteiger partial charge in [-0.05, 0) is 53.5 Å². The molecule has 0 bridgehead atoms. The molecule has 1 atom stereocenters. The molecule has 0 amide bonds. The van der Waals surface area contributed by atoms with E-state index in [0.717, 1.165) is 25.7 Å². The summed E-state index contributed by atoms with van der Waals surface area (Å²) in [7, 11) is 0. The molecule has 0 nitrogen and oxygen atoms in total. The van der Waals surface area contributed by atoms with E-state index >= 15 is 0 Å². The third-order valence-electron chi connectivity index (χ3n) is 5.77. The second-order valence-corrected chi connectivity index (χ2v) is 7.15. The van der Waals surface area contributed by atoms with Crippen LogP contribution in [0.5, 0.6) is 0 Å². The first-order valence-electron chi connectivity index (χ1n) is 8.92. The van der Waals surface area contributed by atoms with Crippen LogP contribution < -0.4 is 0 Å². The number of rotatable bonds is 5. The van der Waals surface area contributed by atoms with Gasteiger partial charge in [-0.25, -0.2) is 0 Å². The van der Waals surface area contributed by atoms with Gasteiger partial charge in [-0.15, -0.1) is 31.4 Å². The molecule has 0 aromatic heterocycles. The van der Waals surface area contributed by atoms with Gasteiger partial charge in [-0.3, -0.25) is 0 Å². The summed E-state index contributed by atoms with van der Waals surface area (Å²) in [5.74, 6) is 0. The zero-order valence-electron chi connectivity index (χ0n) is 15.7. The van der Waals surface area contributed by atoms with Crippen LogP contribution in [0.4, 0.5) is 0 Å². The van der Waals surface area contributed by atoms with Gasteiger partial charge < -0.3 is 0 Å². The zero-order chi connectivity index (χ0) is 16.6. The topological polar surface area (TPSA) is 0 Å². The first-order chi connectivity index (χ1) is 11.7. The third kappa shape index (κ3) is 4.26. The molecule has 0 heterocycles. The Balaban J connectivity index is 0.00000121. The minimum Gasteiger partial charge on any atom is -0.147 e. The van der Waals surface area contributed by atoms with Crippen molar-refractivity contribution >= 4 is 24.8 Å². The summed E-state index contributed by atoms with van der Waals surface area (Å²) in [5, 5.41) is 0. The molecule has 140 valence electrons. The first-order valence-corrected chi connectivity index (χ1v) is 8.92. The molecular formula is C24H26Cl2Zr. The summed E-state index contributed by atoms with van der Waals surface area (Å²) in [6, 6.07) is 15.7. The smallest absolute Gasteiger partial charge is 0.0145 e. The number of fused-ring (bicyclic) bond motifs is 3. The third-order valence-corrected chi connectivity index (χ3v) is 5.77. The Kier molecular flexibility index (Phi) is 9.00. The van der Waals surface area contributed by atoms with E-state index in [1.165, 1.54) is 33.4 Å². The van der Waals surface area contributed by atoms with Crippen molar-refractivity contribution in [3.8, 4) is 11.1 Å². The van der Waals surface area contributed by atoms with Gasteiger partial charge in [-0.2, -0.15) is 0 Å². The maximum absolute atomic E-state index is 3.95. The Bertz CT molecular complexity index is 866. The molecule has 4 rings (SSSR count). The number of halogens is 2. The Morgan fingerprint density at radius 2 is 1.78 bits per heavy atom. The standard InChI is InChI=1S/C24H24.2ClH.Zr/c1-3-4-16-24(2,19-11-6-7-12-19)23-15-9-14-21-20-13-8-5-10-18(20)17-22(21)23;;;/h3,5-11,13-15H,1,4,12,16-17H2,2H3;2*1H;. The van der Waals surface area contributed by atoms with Gasteiger partial charge >= 0.3 is 0 Å². The molecule has 2 aliphatic rings. The van der Waals surface area contributed by atoms with E-state index in [1.54, 1.807) is 0 Å². The normalized spacial score (nSPS) is 15.2. The van der Waals surface area contributed by atoms with Gasteiger partial charge in [0.15, 0.2) is 0 Å². The van der Waals surface area contributed by atoms with Crippen LogP contribution in [0.1, 0.15) is 42.9 Å². The van der Waals surface area contributed by atoms with E-state index in [-0.39, 0.29) is 56.4 Å². The Morgan fingerprint density at radius 1 is 1.04 bits per heavy atom. The van der Waals surface area contributed by atoms with E-state index in [2.05, 4.69) is 80.3 Å². The summed E-state index contributed by atoms with van der Waals surface area (Å²) in [6.07, 6.45) is 13.2. The molecule has 2 aromatic rings. The van der Waals surface area contributed by atoms with Crippen LogP contribution in [0.25, 0.3) is 11.1 Å².